The topological polar surface area (TPSA) is 63.1 Å². The summed E-state index contributed by atoms with van der Waals surface area (Å²) in [6.07, 6.45) is 3.25. The Bertz CT molecular complexity index is 941. The van der Waals surface area contributed by atoms with E-state index in [1.54, 1.807) is 43.5 Å². The standard InChI is InChI=1S/C21H18ClFN2O2/c1-13(26)20-7-4-16(12-25-20)21(27)10-17-5-2-15(11-24-17)8-14-3-6-19(23)18(22)9-14/h2-7,9,11-13,26H,8,10H2,1H3. The first kappa shape index (κ1) is 19.1. The summed E-state index contributed by atoms with van der Waals surface area (Å²) < 4.78 is 13.2. The number of nitrogens with zero attached hydrogens (tertiary/aromatic N) is 2. The number of aliphatic hydroxyl groups excluding tert-OH is 1. The molecular formula is C21H18ClFN2O2. The van der Waals surface area contributed by atoms with Gasteiger partial charge in [-0.1, -0.05) is 23.7 Å². The lowest BCUT2D eigenvalue weighted by Crippen LogP contribution is -2.07. The van der Waals surface area contributed by atoms with Crippen molar-refractivity contribution >= 4 is 17.4 Å². The molecule has 2 heterocycles. The number of aliphatic hydroxyl groups is 1. The van der Waals surface area contributed by atoms with E-state index in [9.17, 15) is 14.3 Å². The maximum atomic E-state index is 13.2. The highest BCUT2D eigenvalue weighted by Gasteiger charge is 2.10. The van der Waals surface area contributed by atoms with E-state index in [2.05, 4.69) is 9.97 Å². The average Bonchev–Trinajstić information content (AvgIpc) is 2.66. The van der Waals surface area contributed by atoms with E-state index >= 15 is 0 Å². The predicted molar refractivity (Wildman–Crippen MR) is 101 cm³/mol. The molecule has 27 heavy (non-hydrogen) atoms. The number of ketones is 1. The van der Waals surface area contributed by atoms with Crippen molar-refractivity contribution in [2.75, 3.05) is 0 Å². The predicted octanol–water partition coefficient (Wildman–Crippen LogP) is 4.34. The molecule has 1 unspecified atom stereocenters. The van der Waals surface area contributed by atoms with Crippen molar-refractivity contribution in [3.8, 4) is 0 Å². The zero-order valence-corrected chi connectivity index (χ0v) is 15.4. The summed E-state index contributed by atoms with van der Waals surface area (Å²) in [5.74, 6) is -0.534. The van der Waals surface area contributed by atoms with Gasteiger partial charge in [0.2, 0.25) is 0 Å². The van der Waals surface area contributed by atoms with Crippen LogP contribution >= 0.6 is 11.6 Å². The molecule has 0 saturated heterocycles. The third-order valence-electron chi connectivity index (χ3n) is 4.16. The molecule has 1 N–H and O–H groups in total. The fraction of sp³-hybridized carbons (Fsp3) is 0.190. The molecule has 3 aromatic rings. The third-order valence-corrected chi connectivity index (χ3v) is 4.45. The van der Waals surface area contributed by atoms with Crippen molar-refractivity contribution in [2.45, 2.75) is 25.9 Å². The van der Waals surface area contributed by atoms with Crippen LogP contribution in [0.1, 0.15) is 45.9 Å². The largest absolute Gasteiger partial charge is 0.387 e. The Labute approximate surface area is 161 Å². The molecule has 0 fully saturated rings. The minimum Gasteiger partial charge on any atom is -0.387 e. The van der Waals surface area contributed by atoms with Gasteiger partial charge in [-0.25, -0.2) is 4.39 Å². The van der Waals surface area contributed by atoms with Gasteiger partial charge >= 0.3 is 0 Å². The fourth-order valence-corrected chi connectivity index (χ4v) is 2.84. The Hall–Kier alpha value is -2.63. The number of carbonyl (C=O) groups is 1. The quantitative estimate of drug-likeness (QED) is 0.642. The van der Waals surface area contributed by atoms with Crippen LogP contribution in [0.5, 0.6) is 0 Å². The molecule has 4 nitrogen and oxygen atoms in total. The van der Waals surface area contributed by atoms with Crippen LogP contribution in [0.15, 0.2) is 54.9 Å². The molecule has 0 radical (unpaired) electrons. The number of carbonyl (C=O) groups excluding carboxylic acids is 1. The van der Waals surface area contributed by atoms with Crippen LogP contribution in [0.2, 0.25) is 5.02 Å². The summed E-state index contributed by atoms with van der Waals surface area (Å²) in [6, 6.07) is 11.6. The summed E-state index contributed by atoms with van der Waals surface area (Å²) in [4.78, 5) is 20.8. The van der Waals surface area contributed by atoms with Gasteiger partial charge in [-0.2, -0.15) is 0 Å². The number of benzene rings is 1. The van der Waals surface area contributed by atoms with Crippen molar-refractivity contribution in [1.29, 1.82) is 0 Å². The molecular weight excluding hydrogens is 367 g/mol. The molecule has 2 aromatic heterocycles. The summed E-state index contributed by atoms with van der Waals surface area (Å²) in [7, 11) is 0. The Kier molecular flexibility index (Phi) is 5.94. The molecule has 0 aliphatic heterocycles. The maximum absolute atomic E-state index is 13.2. The molecule has 1 aromatic carbocycles. The van der Waals surface area contributed by atoms with Crippen LogP contribution in [0.4, 0.5) is 4.39 Å². The highest BCUT2D eigenvalue weighted by molar-refractivity contribution is 6.30. The van der Waals surface area contributed by atoms with Crippen LogP contribution < -0.4 is 0 Å². The van der Waals surface area contributed by atoms with Crippen molar-refractivity contribution in [1.82, 2.24) is 9.97 Å². The summed E-state index contributed by atoms with van der Waals surface area (Å²) in [5.41, 5.74) is 3.48. The van der Waals surface area contributed by atoms with E-state index in [1.165, 1.54) is 12.3 Å². The molecule has 0 aliphatic carbocycles. The SMILES string of the molecule is CC(O)c1ccc(C(=O)Cc2ccc(Cc3ccc(F)c(Cl)c3)cn2)cn1. The van der Waals surface area contributed by atoms with E-state index in [4.69, 9.17) is 11.6 Å². The zero-order chi connectivity index (χ0) is 19.4. The van der Waals surface area contributed by atoms with Gasteiger partial charge in [0.05, 0.1) is 23.2 Å². The number of pyridine rings is 2. The second-order valence-electron chi connectivity index (χ2n) is 6.33. The Balaban J connectivity index is 1.64. The van der Waals surface area contributed by atoms with Gasteiger partial charge in [0, 0.05) is 23.7 Å². The minimum absolute atomic E-state index is 0.0924. The lowest BCUT2D eigenvalue weighted by atomic mass is 10.0. The number of Topliss-reactive ketones (excluding diaryl/α,β-unsaturated/α-hetero) is 1. The van der Waals surface area contributed by atoms with Crippen LogP contribution in [-0.2, 0) is 12.8 Å². The highest BCUT2D eigenvalue weighted by Crippen LogP contribution is 2.18. The third kappa shape index (κ3) is 4.96. The smallest absolute Gasteiger partial charge is 0.170 e. The van der Waals surface area contributed by atoms with E-state index in [0.29, 0.717) is 23.4 Å². The first-order valence-corrected chi connectivity index (χ1v) is 8.85. The lowest BCUT2D eigenvalue weighted by molar-refractivity contribution is 0.0991. The normalized spacial score (nSPS) is 12.0. The minimum atomic E-state index is -0.667. The number of hydrogen-bond acceptors (Lipinski definition) is 4. The highest BCUT2D eigenvalue weighted by atomic mass is 35.5. The van der Waals surface area contributed by atoms with Crippen LogP contribution in [-0.4, -0.2) is 20.9 Å². The number of hydrogen-bond donors (Lipinski definition) is 1. The number of halogens is 2. The average molecular weight is 385 g/mol. The zero-order valence-electron chi connectivity index (χ0n) is 14.7. The summed E-state index contributed by atoms with van der Waals surface area (Å²) in [6.45, 7) is 1.62. The Morgan fingerprint density at radius 1 is 1.11 bits per heavy atom. The summed E-state index contributed by atoms with van der Waals surface area (Å²) >= 11 is 5.80. The molecule has 0 amide bonds. The molecule has 1 atom stereocenters. The van der Waals surface area contributed by atoms with Gasteiger partial charge in [-0.05, 0) is 54.8 Å². The number of rotatable bonds is 6. The first-order chi connectivity index (χ1) is 12.9. The van der Waals surface area contributed by atoms with E-state index in [0.717, 1.165) is 11.1 Å². The molecule has 6 heteroatoms. The second-order valence-corrected chi connectivity index (χ2v) is 6.74. The van der Waals surface area contributed by atoms with Gasteiger partial charge in [-0.15, -0.1) is 0 Å². The summed E-state index contributed by atoms with van der Waals surface area (Å²) in [5, 5.41) is 9.56. The van der Waals surface area contributed by atoms with Crippen molar-refractivity contribution in [3.05, 3.63) is 93.8 Å². The Morgan fingerprint density at radius 2 is 1.89 bits per heavy atom. The molecule has 0 spiro atoms. The van der Waals surface area contributed by atoms with Gasteiger partial charge in [0.25, 0.3) is 0 Å². The van der Waals surface area contributed by atoms with E-state index in [-0.39, 0.29) is 17.2 Å². The molecule has 0 bridgehead atoms. The van der Waals surface area contributed by atoms with Crippen molar-refractivity contribution < 1.29 is 14.3 Å². The molecule has 3 rings (SSSR count). The monoisotopic (exact) mass is 384 g/mol. The van der Waals surface area contributed by atoms with Crippen LogP contribution in [0.25, 0.3) is 0 Å². The van der Waals surface area contributed by atoms with E-state index < -0.39 is 11.9 Å². The van der Waals surface area contributed by atoms with Crippen molar-refractivity contribution in [3.63, 3.8) is 0 Å². The van der Waals surface area contributed by atoms with Gasteiger partial charge in [0.15, 0.2) is 5.78 Å². The van der Waals surface area contributed by atoms with Gasteiger partial charge in [-0.3, -0.25) is 14.8 Å². The van der Waals surface area contributed by atoms with Crippen molar-refractivity contribution in [2.24, 2.45) is 0 Å². The van der Waals surface area contributed by atoms with Crippen LogP contribution in [0.3, 0.4) is 0 Å². The number of aromatic nitrogens is 2. The fourth-order valence-electron chi connectivity index (χ4n) is 2.63. The molecule has 0 saturated carbocycles. The second kappa shape index (κ2) is 8.37. The molecule has 0 aliphatic rings. The Morgan fingerprint density at radius 3 is 2.48 bits per heavy atom. The first-order valence-electron chi connectivity index (χ1n) is 8.47. The van der Waals surface area contributed by atoms with Crippen LogP contribution in [0, 0.1) is 5.82 Å². The lowest BCUT2D eigenvalue weighted by Gasteiger charge is -2.06. The van der Waals surface area contributed by atoms with E-state index in [1.807, 2.05) is 6.07 Å². The maximum Gasteiger partial charge on any atom is 0.170 e. The molecule has 138 valence electrons. The van der Waals surface area contributed by atoms with Gasteiger partial charge in [0.1, 0.15) is 5.82 Å². The van der Waals surface area contributed by atoms with Gasteiger partial charge < -0.3 is 5.11 Å².